The fraction of sp³-hybridized carbons (Fsp3) is 0.388. The standard InChI is InChI=1S/C49H51N/c1-48(2)44-16-10-9-15-42(44)43-25-26-45(46(47(43)48)38-13-7-4-8-14-38)50(40-21-17-37(18-22-40)36-11-5-3-6-12-36)41-23-19-39(20-24-41)49-30-33-27-34(31-49)29-35(28-33)32-49/h4,7-10,13-26,33-36H,3,5-6,11-12,27-32H2,1-2H3. The van der Waals surface area contributed by atoms with E-state index in [0.29, 0.717) is 11.3 Å². The number of nitrogens with zero attached hydrogens (tertiary/aromatic N) is 1. The van der Waals surface area contributed by atoms with Crippen molar-refractivity contribution in [1.29, 1.82) is 0 Å². The third-order valence-corrected chi connectivity index (χ3v) is 14.0. The van der Waals surface area contributed by atoms with Crippen LogP contribution < -0.4 is 4.90 Å². The zero-order valence-corrected chi connectivity index (χ0v) is 30.0. The maximum absolute atomic E-state index is 2.58. The topological polar surface area (TPSA) is 3.24 Å². The van der Waals surface area contributed by atoms with Gasteiger partial charge in [0.15, 0.2) is 0 Å². The molecular formula is C49H51N. The minimum Gasteiger partial charge on any atom is -0.310 e. The fourth-order valence-corrected chi connectivity index (χ4v) is 12.1. The van der Waals surface area contributed by atoms with Gasteiger partial charge >= 0.3 is 0 Å². The summed E-state index contributed by atoms with van der Waals surface area (Å²) in [6.45, 7) is 4.86. The molecule has 0 spiro atoms. The highest BCUT2D eigenvalue weighted by Crippen LogP contribution is 2.61. The Bertz CT molecular complexity index is 1990. The predicted octanol–water partition coefficient (Wildman–Crippen LogP) is 13.6. The van der Waals surface area contributed by atoms with E-state index in [9.17, 15) is 0 Å². The number of fused-ring (bicyclic) bond motifs is 3. The van der Waals surface area contributed by atoms with Crippen LogP contribution in [0.25, 0.3) is 22.3 Å². The lowest BCUT2D eigenvalue weighted by atomic mass is 9.48. The molecule has 5 fully saturated rings. The number of hydrogen-bond donors (Lipinski definition) is 0. The lowest BCUT2D eigenvalue weighted by Gasteiger charge is -2.57. The monoisotopic (exact) mass is 653 g/mol. The molecule has 0 heterocycles. The molecule has 1 heteroatoms. The average Bonchev–Trinajstić information content (AvgIpc) is 3.38. The van der Waals surface area contributed by atoms with Crippen molar-refractivity contribution in [2.24, 2.45) is 17.8 Å². The first kappa shape index (κ1) is 30.7. The number of rotatable bonds is 6. The van der Waals surface area contributed by atoms with Crippen LogP contribution in [0.4, 0.5) is 17.1 Å². The molecule has 5 aromatic rings. The van der Waals surface area contributed by atoms with Gasteiger partial charge < -0.3 is 4.90 Å². The molecule has 5 aromatic carbocycles. The number of anilines is 3. The molecule has 5 saturated carbocycles. The van der Waals surface area contributed by atoms with Crippen LogP contribution in [0.15, 0.2) is 115 Å². The van der Waals surface area contributed by atoms with E-state index < -0.39 is 0 Å². The Morgan fingerprint density at radius 2 is 1.16 bits per heavy atom. The third-order valence-electron chi connectivity index (χ3n) is 14.0. The lowest BCUT2D eigenvalue weighted by Crippen LogP contribution is -2.48. The summed E-state index contributed by atoms with van der Waals surface area (Å²) in [7, 11) is 0. The van der Waals surface area contributed by atoms with Gasteiger partial charge in [-0.25, -0.2) is 0 Å². The van der Waals surface area contributed by atoms with E-state index in [4.69, 9.17) is 0 Å². The molecule has 0 aromatic heterocycles. The van der Waals surface area contributed by atoms with Crippen LogP contribution in [0.1, 0.15) is 113 Å². The molecule has 0 aliphatic heterocycles. The van der Waals surface area contributed by atoms with Crippen LogP contribution >= 0.6 is 0 Å². The van der Waals surface area contributed by atoms with Crippen LogP contribution in [0.3, 0.4) is 0 Å². The molecule has 6 aliphatic rings. The first-order chi connectivity index (χ1) is 24.5. The van der Waals surface area contributed by atoms with E-state index in [0.717, 1.165) is 17.8 Å². The van der Waals surface area contributed by atoms with Crippen LogP contribution in [0.5, 0.6) is 0 Å². The molecule has 0 atom stereocenters. The van der Waals surface area contributed by atoms with Crippen molar-refractivity contribution < 1.29 is 0 Å². The van der Waals surface area contributed by atoms with Gasteiger partial charge in [0.1, 0.15) is 0 Å². The second-order valence-corrected chi connectivity index (χ2v) is 17.4. The summed E-state index contributed by atoms with van der Waals surface area (Å²) in [5.41, 5.74) is 15.4. The van der Waals surface area contributed by atoms with Crippen molar-refractivity contribution in [2.45, 2.75) is 101 Å². The average molecular weight is 654 g/mol. The highest BCUT2D eigenvalue weighted by atomic mass is 15.1. The molecule has 0 unspecified atom stereocenters. The molecule has 6 aliphatic carbocycles. The van der Waals surface area contributed by atoms with E-state index in [1.807, 2.05) is 0 Å². The third kappa shape index (κ3) is 4.86. The van der Waals surface area contributed by atoms with Gasteiger partial charge in [0.2, 0.25) is 0 Å². The summed E-state index contributed by atoms with van der Waals surface area (Å²) < 4.78 is 0. The first-order valence-electron chi connectivity index (χ1n) is 19.8. The van der Waals surface area contributed by atoms with Gasteiger partial charge in [-0.2, -0.15) is 0 Å². The molecule has 1 nitrogen and oxygen atoms in total. The quantitative estimate of drug-likeness (QED) is 0.176. The fourth-order valence-electron chi connectivity index (χ4n) is 12.1. The number of hydrogen-bond acceptors (Lipinski definition) is 1. The Balaban J connectivity index is 1.14. The van der Waals surface area contributed by atoms with Crippen molar-refractivity contribution in [1.82, 2.24) is 0 Å². The minimum absolute atomic E-state index is 0.119. The molecule has 50 heavy (non-hydrogen) atoms. The van der Waals surface area contributed by atoms with Crippen LogP contribution in [-0.2, 0) is 10.8 Å². The molecule has 4 bridgehead atoms. The van der Waals surface area contributed by atoms with Crippen LogP contribution in [0.2, 0.25) is 0 Å². The van der Waals surface area contributed by atoms with Gasteiger partial charge in [0, 0.05) is 22.4 Å². The summed E-state index contributed by atoms with van der Waals surface area (Å²) in [6.07, 6.45) is 15.5. The highest BCUT2D eigenvalue weighted by molar-refractivity contribution is 5.97. The summed E-state index contributed by atoms with van der Waals surface area (Å²) in [5.74, 6) is 3.55. The summed E-state index contributed by atoms with van der Waals surface area (Å²) in [4.78, 5) is 2.58. The van der Waals surface area contributed by atoms with Crippen LogP contribution in [-0.4, -0.2) is 0 Å². The second-order valence-electron chi connectivity index (χ2n) is 17.4. The first-order valence-corrected chi connectivity index (χ1v) is 19.8. The minimum atomic E-state index is -0.119. The normalized spacial score (nSPS) is 26.1. The zero-order valence-electron chi connectivity index (χ0n) is 30.0. The van der Waals surface area contributed by atoms with E-state index in [1.165, 1.54) is 127 Å². The molecule has 0 saturated heterocycles. The van der Waals surface area contributed by atoms with Gasteiger partial charge in [0.25, 0.3) is 0 Å². The highest BCUT2D eigenvalue weighted by Gasteiger charge is 2.51. The summed E-state index contributed by atoms with van der Waals surface area (Å²) in [5, 5.41) is 0. The Hall–Kier alpha value is -4.10. The largest absolute Gasteiger partial charge is 0.310 e. The Labute approximate surface area is 299 Å². The van der Waals surface area contributed by atoms with Crippen molar-refractivity contribution >= 4 is 17.1 Å². The summed E-state index contributed by atoms with van der Waals surface area (Å²) in [6, 6.07) is 44.8. The van der Waals surface area contributed by atoms with Crippen LogP contribution in [0, 0.1) is 17.8 Å². The Morgan fingerprint density at radius 1 is 0.560 bits per heavy atom. The lowest BCUT2D eigenvalue weighted by molar-refractivity contribution is -0.00518. The van der Waals surface area contributed by atoms with Crippen molar-refractivity contribution in [3.63, 3.8) is 0 Å². The molecule has 11 rings (SSSR count). The maximum Gasteiger partial charge on any atom is 0.0543 e. The maximum atomic E-state index is 2.58. The van der Waals surface area contributed by atoms with Gasteiger partial charge in [-0.3, -0.25) is 0 Å². The van der Waals surface area contributed by atoms with E-state index in [2.05, 4.69) is 134 Å². The van der Waals surface area contributed by atoms with Crippen molar-refractivity contribution in [2.75, 3.05) is 4.90 Å². The van der Waals surface area contributed by atoms with Crippen molar-refractivity contribution in [3.8, 4) is 22.3 Å². The van der Waals surface area contributed by atoms with Gasteiger partial charge in [-0.1, -0.05) is 118 Å². The van der Waals surface area contributed by atoms with E-state index in [1.54, 1.807) is 5.56 Å². The molecular weight excluding hydrogens is 603 g/mol. The van der Waals surface area contributed by atoms with Gasteiger partial charge in [-0.05, 0) is 150 Å². The molecule has 0 radical (unpaired) electrons. The SMILES string of the molecule is CC1(C)c2ccccc2-c2ccc(N(c3ccc(C4CCCCC4)cc3)c3ccc(C45CC6CC(CC(C6)C4)C5)cc3)c(-c3ccccc3)c21. The summed E-state index contributed by atoms with van der Waals surface area (Å²) >= 11 is 0. The second kappa shape index (κ2) is 11.7. The molecule has 0 N–H and O–H groups in total. The van der Waals surface area contributed by atoms with E-state index in [-0.39, 0.29) is 5.41 Å². The molecule has 0 amide bonds. The van der Waals surface area contributed by atoms with Gasteiger partial charge in [0.05, 0.1) is 5.69 Å². The van der Waals surface area contributed by atoms with E-state index >= 15 is 0 Å². The zero-order chi connectivity index (χ0) is 33.5. The van der Waals surface area contributed by atoms with Gasteiger partial charge in [-0.15, -0.1) is 0 Å². The predicted molar refractivity (Wildman–Crippen MR) is 210 cm³/mol. The Kier molecular flexibility index (Phi) is 7.20. The smallest absolute Gasteiger partial charge is 0.0543 e. The Morgan fingerprint density at radius 3 is 1.82 bits per heavy atom. The molecule has 252 valence electrons. The number of benzene rings is 5. The van der Waals surface area contributed by atoms with Crippen molar-refractivity contribution in [3.05, 3.63) is 138 Å².